The fourth-order valence-corrected chi connectivity index (χ4v) is 4.54. The van der Waals surface area contributed by atoms with Crippen molar-refractivity contribution in [3.05, 3.63) is 59.4 Å². The van der Waals surface area contributed by atoms with Gasteiger partial charge in [-0.05, 0) is 24.3 Å². The molecule has 1 saturated heterocycles. The van der Waals surface area contributed by atoms with Gasteiger partial charge in [0.25, 0.3) is 5.91 Å². The van der Waals surface area contributed by atoms with E-state index in [1.807, 2.05) is 29.2 Å². The van der Waals surface area contributed by atoms with Gasteiger partial charge in [0.1, 0.15) is 10.3 Å². The molecular weight excluding hydrogens is 408 g/mol. The lowest BCUT2D eigenvalue weighted by Gasteiger charge is -2.34. The molecule has 1 fully saturated rings. The second-order valence-electron chi connectivity index (χ2n) is 6.77. The number of nitrogens with one attached hydrogen (secondary N) is 1. The zero-order valence-electron chi connectivity index (χ0n) is 15.4. The molecule has 1 aliphatic rings. The van der Waals surface area contributed by atoms with Crippen molar-refractivity contribution in [3.8, 4) is 11.3 Å². The smallest absolute Gasteiger partial charge is 0.257 e. The van der Waals surface area contributed by atoms with Gasteiger partial charge in [0.15, 0.2) is 5.13 Å². The van der Waals surface area contributed by atoms with Crippen LogP contribution in [0.3, 0.4) is 0 Å². The quantitative estimate of drug-likeness (QED) is 0.542. The molecule has 0 bridgehead atoms. The Morgan fingerprint density at radius 3 is 2.66 bits per heavy atom. The molecule has 1 aliphatic heterocycles. The monoisotopic (exact) mass is 424 g/mol. The number of aromatic nitrogens is 4. The maximum absolute atomic E-state index is 13.1. The molecular formula is C20H17ClN6OS. The van der Waals surface area contributed by atoms with Crippen LogP contribution in [0.15, 0.2) is 48.8 Å². The van der Waals surface area contributed by atoms with Gasteiger partial charge in [-0.25, -0.2) is 9.97 Å². The molecule has 1 N–H and O–H groups in total. The Morgan fingerprint density at radius 2 is 1.90 bits per heavy atom. The number of hydrogen-bond acceptors (Lipinski definition) is 6. The van der Waals surface area contributed by atoms with Crippen LogP contribution in [0.2, 0.25) is 5.02 Å². The van der Waals surface area contributed by atoms with E-state index in [4.69, 9.17) is 11.6 Å². The molecule has 5 rings (SSSR count). The number of hydrogen-bond donors (Lipinski definition) is 1. The number of fused-ring (bicyclic) bond motifs is 1. The molecule has 146 valence electrons. The van der Waals surface area contributed by atoms with E-state index in [1.165, 1.54) is 0 Å². The fraction of sp³-hybridized carbons (Fsp3) is 0.200. The minimum atomic E-state index is -0.0192. The van der Waals surface area contributed by atoms with Gasteiger partial charge in [-0.3, -0.25) is 9.89 Å². The number of piperazine rings is 1. The van der Waals surface area contributed by atoms with Crippen LogP contribution in [-0.4, -0.2) is 57.2 Å². The van der Waals surface area contributed by atoms with Gasteiger partial charge in [0.05, 0.1) is 17.5 Å². The standard InChI is InChI=1S/C20H17ClN6OS/c21-14-5-3-13(4-6-14)17-15(12-23-25-17)19(28)26-8-10-27(11-9-26)20-24-16-2-1-7-22-18(16)29-20/h1-7,12H,8-11H2,(H,23,25). The Kier molecular flexibility index (Phi) is 4.65. The van der Waals surface area contributed by atoms with Crippen molar-refractivity contribution >= 4 is 44.3 Å². The largest absolute Gasteiger partial charge is 0.344 e. The van der Waals surface area contributed by atoms with Crippen molar-refractivity contribution in [2.24, 2.45) is 0 Å². The number of benzene rings is 1. The van der Waals surface area contributed by atoms with E-state index in [1.54, 1.807) is 35.9 Å². The predicted octanol–water partition coefficient (Wildman–Crippen LogP) is 3.70. The summed E-state index contributed by atoms with van der Waals surface area (Å²) in [6, 6.07) is 11.2. The summed E-state index contributed by atoms with van der Waals surface area (Å²) in [5, 5.41) is 8.65. The number of thiazole rings is 1. The highest BCUT2D eigenvalue weighted by atomic mass is 35.5. The Labute approximate surface area is 176 Å². The molecule has 0 aliphatic carbocycles. The first kappa shape index (κ1) is 18.1. The van der Waals surface area contributed by atoms with Crippen LogP contribution in [0, 0.1) is 0 Å². The van der Waals surface area contributed by atoms with Crippen molar-refractivity contribution in [2.75, 3.05) is 31.1 Å². The molecule has 9 heteroatoms. The van der Waals surface area contributed by atoms with Gasteiger partial charge >= 0.3 is 0 Å². The predicted molar refractivity (Wildman–Crippen MR) is 115 cm³/mol. The molecule has 4 aromatic rings. The topological polar surface area (TPSA) is 78.0 Å². The van der Waals surface area contributed by atoms with Crippen molar-refractivity contribution < 1.29 is 4.79 Å². The Hall–Kier alpha value is -2.97. The number of rotatable bonds is 3. The zero-order valence-corrected chi connectivity index (χ0v) is 17.0. The average molecular weight is 425 g/mol. The van der Waals surface area contributed by atoms with Crippen LogP contribution in [0.1, 0.15) is 10.4 Å². The van der Waals surface area contributed by atoms with E-state index in [9.17, 15) is 4.79 Å². The third-order valence-corrected chi connectivity index (χ3v) is 6.29. The van der Waals surface area contributed by atoms with Gasteiger partial charge < -0.3 is 9.80 Å². The summed E-state index contributed by atoms with van der Waals surface area (Å²) >= 11 is 7.56. The van der Waals surface area contributed by atoms with E-state index in [0.29, 0.717) is 29.4 Å². The second-order valence-corrected chi connectivity index (χ2v) is 8.16. The van der Waals surface area contributed by atoms with E-state index in [2.05, 4.69) is 25.1 Å². The maximum Gasteiger partial charge on any atom is 0.257 e. The molecule has 29 heavy (non-hydrogen) atoms. The molecule has 7 nitrogen and oxygen atoms in total. The first-order chi connectivity index (χ1) is 14.2. The molecule has 0 saturated carbocycles. The fourth-order valence-electron chi connectivity index (χ4n) is 3.45. The van der Waals surface area contributed by atoms with Crippen LogP contribution in [-0.2, 0) is 0 Å². The summed E-state index contributed by atoms with van der Waals surface area (Å²) < 4.78 is 0. The molecule has 0 spiro atoms. The minimum absolute atomic E-state index is 0.0192. The van der Waals surface area contributed by atoms with Gasteiger partial charge in [-0.1, -0.05) is 35.1 Å². The van der Waals surface area contributed by atoms with Crippen molar-refractivity contribution in [1.29, 1.82) is 0 Å². The van der Waals surface area contributed by atoms with Crippen LogP contribution in [0.4, 0.5) is 5.13 Å². The summed E-state index contributed by atoms with van der Waals surface area (Å²) in [6.45, 7) is 2.74. The van der Waals surface area contributed by atoms with E-state index >= 15 is 0 Å². The summed E-state index contributed by atoms with van der Waals surface area (Å²) in [5.74, 6) is -0.0192. The molecule has 0 unspecified atom stereocenters. The van der Waals surface area contributed by atoms with E-state index < -0.39 is 0 Å². The number of anilines is 1. The van der Waals surface area contributed by atoms with Gasteiger partial charge in [0.2, 0.25) is 0 Å². The maximum atomic E-state index is 13.1. The molecule has 1 amide bonds. The SMILES string of the molecule is O=C(c1cn[nH]c1-c1ccc(Cl)cc1)N1CCN(c2nc3cccnc3s2)CC1. The number of carbonyl (C=O) groups is 1. The number of H-pyrrole nitrogens is 1. The second kappa shape index (κ2) is 7.46. The average Bonchev–Trinajstić information content (AvgIpc) is 3.41. The minimum Gasteiger partial charge on any atom is -0.344 e. The number of halogens is 1. The van der Waals surface area contributed by atoms with Crippen molar-refractivity contribution in [1.82, 2.24) is 25.1 Å². The lowest BCUT2D eigenvalue weighted by atomic mass is 10.1. The van der Waals surface area contributed by atoms with Gasteiger partial charge in [-0.2, -0.15) is 5.10 Å². The Morgan fingerprint density at radius 1 is 1.10 bits per heavy atom. The molecule has 0 radical (unpaired) electrons. The summed E-state index contributed by atoms with van der Waals surface area (Å²) in [5.41, 5.74) is 3.09. The molecule has 1 aromatic carbocycles. The summed E-state index contributed by atoms with van der Waals surface area (Å²) in [7, 11) is 0. The lowest BCUT2D eigenvalue weighted by molar-refractivity contribution is 0.0747. The number of amides is 1. The van der Waals surface area contributed by atoms with Crippen molar-refractivity contribution in [2.45, 2.75) is 0 Å². The number of nitrogens with zero attached hydrogens (tertiary/aromatic N) is 5. The van der Waals surface area contributed by atoms with E-state index in [-0.39, 0.29) is 5.91 Å². The third-order valence-electron chi connectivity index (χ3n) is 5.00. The number of carbonyl (C=O) groups excluding carboxylic acids is 1. The Bertz CT molecular complexity index is 1130. The third kappa shape index (κ3) is 3.45. The first-order valence-corrected chi connectivity index (χ1v) is 10.4. The molecule has 3 aromatic heterocycles. The first-order valence-electron chi connectivity index (χ1n) is 9.24. The van der Waals surface area contributed by atoms with Crippen LogP contribution in [0.25, 0.3) is 21.6 Å². The summed E-state index contributed by atoms with van der Waals surface area (Å²) in [4.78, 5) is 27.2. The van der Waals surface area contributed by atoms with Gasteiger partial charge in [-0.15, -0.1) is 0 Å². The lowest BCUT2D eigenvalue weighted by Crippen LogP contribution is -2.48. The molecule has 0 atom stereocenters. The molecule has 4 heterocycles. The van der Waals surface area contributed by atoms with Crippen LogP contribution < -0.4 is 4.90 Å². The van der Waals surface area contributed by atoms with Crippen LogP contribution in [0.5, 0.6) is 0 Å². The zero-order chi connectivity index (χ0) is 19.8. The number of aromatic amines is 1. The highest BCUT2D eigenvalue weighted by Crippen LogP contribution is 2.28. The van der Waals surface area contributed by atoms with Crippen molar-refractivity contribution in [3.63, 3.8) is 0 Å². The highest BCUT2D eigenvalue weighted by Gasteiger charge is 2.26. The normalized spacial score (nSPS) is 14.5. The van der Waals surface area contributed by atoms with Crippen LogP contribution >= 0.6 is 22.9 Å². The number of pyridine rings is 1. The van der Waals surface area contributed by atoms with E-state index in [0.717, 1.165) is 34.1 Å². The summed E-state index contributed by atoms with van der Waals surface area (Å²) in [6.07, 6.45) is 3.38. The highest BCUT2D eigenvalue weighted by molar-refractivity contribution is 7.21. The Balaban J connectivity index is 1.30. The van der Waals surface area contributed by atoms with Gasteiger partial charge in [0, 0.05) is 43.0 Å².